The molecule has 1 nitrogen and oxygen atoms in total. The average molecular weight is 310 g/mol. The van der Waals surface area contributed by atoms with Crippen LogP contribution < -0.4 is 0 Å². The Morgan fingerprint density at radius 2 is 1.22 bits per heavy atom. The molecule has 2 aromatic rings. The van der Waals surface area contributed by atoms with Crippen molar-refractivity contribution in [3.63, 3.8) is 0 Å². The standard InChI is InChI=1S/C22H30O/c1-7-21(3,4)17-11-9-16(10-12-17)19-14-13-18(15-20(19)23)22(5,6)8-2/h9-15,23H,7-8H2,1-6H3. The predicted molar refractivity (Wildman–Crippen MR) is 100 cm³/mol. The van der Waals surface area contributed by atoms with E-state index < -0.39 is 0 Å². The van der Waals surface area contributed by atoms with E-state index in [4.69, 9.17) is 0 Å². The second-order valence-corrected chi connectivity index (χ2v) is 7.78. The van der Waals surface area contributed by atoms with Crippen LogP contribution in [0.2, 0.25) is 0 Å². The second kappa shape index (κ2) is 6.39. The predicted octanol–water partition coefficient (Wildman–Crippen LogP) is 6.43. The number of hydrogen-bond acceptors (Lipinski definition) is 1. The third kappa shape index (κ3) is 3.60. The van der Waals surface area contributed by atoms with Crippen LogP contribution >= 0.6 is 0 Å². The fourth-order valence-electron chi connectivity index (χ4n) is 2.71. The zero-order chi connectivity index (χ0) is 17.3. The van der Waals surface area contributed by atoms with Crippen LogP contribution in [0.4, 0.5) is 0 Å². The first-order valence-corrected chi connectivity index (χ1v) is 8.65. The molecule has 124 valence electrons. The number of phenolic OH excluding ortho intramolecular Hbond substituents is 1. The minimum atomic E-state index is 0.0883. The van der Waals surface area contributed by atoms with E-state index >= 15 is 0 Å². The molecule has 0 unspecified atom stereocenters. The molecule has 0 saturated carbocycles. The molecule has 0 radical (unpaired) electrons. The molecule has 0 spiro atoms. The van der Waals surface area contributed by atoms with Gasteiger partial charge in [0.1, 0.15) is 5.75 Å². The van der Waals surface area contributed by atoms with E-state index in [0.29, 0.717) is 5.75 Å². The fraction of sp³-hybridized carbons (Fsp3) is 0.455. The van der Waals surface area contributed by atoms with E-state index in [1.165, 1.54) is 11.1 Å². The van der Waals surface area contributed by atoms with Gasteiger partial charge in [-0.05, 0) is 46.4 Å². The van der Waals surface area contributed by atoms with E-state index in [-0.39, 0.29) is 10.8 Å². The number of hydrogen-bond donors (Lipinski definition) is 1. The van der Waals surface area contributed by atoms with E-state index in [2.05, 4.69) is 71.9 Å². The van der Waals surface area contributed by atoms with Crippen LogP contribution in [0.25, 0.3) is 11.1 Å². The Hall–Kier alpha value is -1.76. The van der Waals surface area contributed by atoms with Gasteiger partial charge in [0.15, 0.2) is 0 Å². The van der Waals surface area contributed by atoms with Crippen LogP contribution in [-0.4, -0.2) is 5.11 Å². The van der Waals surface area contributed by atoms with Crippen LogP contribution in [0.1, 0.15) is 65.5 Å². The first-order chi connectivity index (χ1) is 10.7. The lowest BCUT2D eigenvalue weighted by Gasteiger charge is -2.24. The summed E-state index contributed by atoms with van der Waals surface area (Å²) in [5.41, 5.74) is 4.78. The molecule has 0 saturated heterocycles. The first kappa shape index (κ1) is 17.6. The Bertz CT molecular complexity index is 663. The molecule has 0 fully saturated rings. The van der Waals surface area contributed by atoms with Crippen molar-refractivity contribution >= 4 is 0 Å². The van der Waals surface area contributed by atoms with Gasteiger partial charge in [0.05, 0.1) is 0 Å². The number of phenols is 1. The highest BCUT2D eigenvalue weighted by Gasteiger charge is 2.20. The highest BCUT2D eigenvalue weighted by molar-refractivity contribution is 5.71. The van der Waals surface area contributed by atoms with Crippen molar-refractivity contribution in [2.24, 2.45) is 0 Å². The quantitative estimate of drug-likeness (QED) is 0.674. The van der Waals surface area contributed by atoms with Gasteiger partial charge in [-0.3, -0.25) is 0 Å². The third-order valence-corrected chi connectivity index (χ3v) is 5.52. The summed E-state index contributed by atoms with van der Waals surface area (Å²) in [6.45, 7) is 13.3. The molecule has 0 amide bonds. The highest BCUT2D eigenvalue weighted by atomic mass is 16.3. The molecular weight excluding hydrogens is 280 g/mol. The maximum atomic E-state index is 10.5. The lowest BCUT2D eigenvalue weighted by atomic mass is 9.80. The molecular formula is C22H30O. The molecule has 1 N–H and O–H groups in total. The summed E-state index contributed by atoms with van der Waals surface area (Å²) in [5.74, 6) is 0.367. The van der Waals surface area contributed by atoms with Crippen LogP contribution in [0.5, 0.6) is 5.75 Å². The van der Waals surface area contributed by atoms with E-state index in [1.807, 2.05) is 12.1 Å². The van der Waals surface area contributed by atoms with Gasteiger partial charge < -0.3 is 5.11 Å². The molecule has 0 aliphatic rings. The fourth-order valence-corrected chi connectivity index (χ4v) is 2.71. The second-order valence-electron chi connectivity index (χ2n) is 7.78. The highest BCUT2D eigenvalue weighted by Crippen LogP contribution is 2.36. The van der Waals surface area contributed by atoms with Crippen molar-refractivity contribution in [1.82, 2.24) is 0 Å². The van der Waals surface area contributed by atoms with Crippen molar-refractivity contribution < 1.29 is 5.11 Å². The summed E-state index contributed by atoms with van der Waals surface area (Å²) in [4.78, 5) is 0. The lowest BCUT2D eigenvalue weighted by molar-refractivity contribution is 0.466. The van der Waals surface area contributed by atoms with Crippen LogP contribution in [-0.2, 0) is 10.8 Å². The Labute approximate surface area is 141 Å². The molecule has 0 heterocycles. The minimum absolute atomic E-state index is 0.0883. The van der Waals surface area contributed by atoms with E-state index in [0.717, 1.165) is 24.0 Å². The van der Waals surface area contributed by atoms with Gasteiger partial charge in [-0.25, -0.2) is 0 Å². The summed E-state index contributed by atoms with van der Waals surface area (Å²) in [6.07, 6.45) is 2.16. The van der Waals surface area contributed by atoms with Gasteiger partial charge in [-0.15, -0.1) is 0 Å². The van der Waals surface area contributed by atoms with Gasteiger partial charge in [-0.2, -0.15) is 0 Å². The number of rotatable bonds is 5. The molecule has 2 rings (SSSR count). The van der Waals surface area contributed by atoms with Crippen LogP contribution in [0, 0.1) is 0 Å². The summed E-state index contributed by atoms with van der Waals surface area (Å²) >= 11 is 0. The maximum Gasteiger partial charge on any atom is 0.123 e. The molecule has 0 aromatic heterocycles. The Kier molecular flexibility index (Phi) is 4.89. The summed E-state index contributed by atoms with van der Waals surface area (Å²) in [6, 6.07) is 14.7. The largest absolute Gasteiger partial charge is 0.507 e. The smallest absolute Gasteiger partial charge is 0.123 e. The van der Waals surface area contributed by atoms with Crippen molar-refractivity contribution in [3.05, 3.63) is 53.6 Å². The Morgan fingerprint density at radius 1 is 0.739 bits per heavy atom. The Balaban J connectivity index is 2.36. The van der Waals surface area contributed by atoms with Crippen LogP contribution in [0.15, 0.2) is 42.5 Å². The normalized spacial score (nSPS) is 12.4. The maximum absolute atomic E-state index is 10.5. The minimum Gasteiger partial charge on any atom is -0.507 e. The van der Waals surface area contributed by atoms with E-state index in [9.17, 15) is 5.11 Å². The molecule has 23 heavy (non-hydrogen) atoms. The number of aromatic hydroxyl groups is 1. The van der Waals surface area contributed by atoms with Crippen molar-refractivity contribution in [3.8, 4) is 16.9 Å². The van der Waals surface area contributed by atoms with Gasteiger partial charge in [-0.1, -0.05) is 77.9 Å². The van der Waals surface area contributed by atoms with Gasteiger partial charge >= 0.3 is 0 Å². The van der Waals surface area contributed by atoms with Crippen molar-refractivity contribution in [1.29, 1.82) is 0 Å². The number of benzene rings is 2. The zero-order valence-corrected chi connectivity index (χ0v) is 15.4. The lowest BCUT2D eigenvalue weighted by Crippen LogP contribution is -2.15. The van der Waals surface area contributed by atoms with E-state index in [1.54, 1.807) is 0 Å². The molecule has 0 aliphatic heterocycles. The van der Waals surface area contributed by atoms with Crippen LogP contribution in [0.3, 0.4) is 0 Å². The van der Waals surface area contributed by atoms with Crippen molar-refractivity contribution in [2.45, 2.75) is 65.2 Å². The Morgan fingerprint density at radius 3 is 1.70 bits per heavy atom. The average Bonchev–Trinajstić information content (AvgIpc) is 2.55. The summed E-state index contributed by atoms with van der Waals surface area (Å²) in [5, 5.41) is 10.5. The monoisotopic (exact) mass is 310 g/mol. The van der Waals surface area contributed by atoms with Crippen molar-refractivity contribution in [2.75, 3.05) is 0 Å². The molecule has 1 heteroatoms. The molecule has 2 aromatic carbocycles. The zero-order valence-electron chi connectivity index (χ0n) is 15.4. The summed E-state index contributed by atoms with van der Waals surface area (Å²) in [7, 11) is 0. The van der Waals surface area contributed by atoms with Gasteiger partial charge in [0.25, 0.3) is 0 Å². The van der Waals surface area contributed by atoms with Gasteiger partial charge in [0, 0.05) is 5.56 Å². The van der Waals surface area contributed by atoms with Gasteiger partial charge in [0.2, 0.25) is 0 Å². The molecule has 0 atom stereocenters. The molecule has 0 aliphatic carbocycles. The molecule has 0 bridgehead atoms. The SMILES string of the molecule is CCC(C)(C)c1ccc(-c2ccc(C(C)(C)CC)cc2O)cc1. The first-order valence-electron chi connectivity index (χ1n) is 8.65. The summed E-state index contributed by atoms with van der Waals surface area (Å²) < 4.78 is 0. The third-order valence-electron chi connectivity index (χ3n) is 5.52. The topological polar surface area (TPSA) is 20.2 Å².